The number of rotatable bonds is 3. The number of nitrogens with one attached hydrogen (secondary N) is 1. The van der Waals surface area contributed by atoms with Gasteiger partial charge in [0.25, 0.3) is 5.91 Å². The average Bonchev–Trinajstić information content (AvgIpc) is 2.46. The minimum Gasteiger partial charge on any atom is -0.378 e. The molecule has 1 N–H and O–H groups in total. The Balaban J connectivity index is 2.05. The summed E-state index contributed by atoms with van der Waals surface area (Å²) in [6.07, 6.45) is 2.08. The summed E-state index contributed by atoms with van der Waals surface area (Å²) in [6.45, 7) is 2.00. The zero-order valence-electron chi connectivity index (χ0n) is 12.0. The van der Waals surface area contributed by atoms with Crippen LogP contribution >= 0.6 is 0 Å². The molecule has 0 saturated carbocycles. The maximum absolute atomic E-state index is 12.4. The van der Waals surface area contributed by atoms with Crippen molar-refractivity contribution in [3.05, 3.63) is 29.8 Å². The van der Waals surface area contributed by atoms with Crippen molar-refractivity contribution in [1.82, 2.24) is 10.2 Å². The van der Waals surface area contributed by atoms with Gasteiger partial charge in [-0.1, -0.05) is 0 Å². The molecule has 4 heteroatoms. The fourth-order valence-corrected chi connectivity index (χ4v) is 2.47. The van der Waals surface area contributed by atoms with E-state index in [1.165, 1.54) is 0 Å². The standard InChI is InChI=1S/C15H23N3O/c1-17(2)13-6-4-12(5-7-13)15(19)18(3)14-8-10-16-11-9-14/h4-7,14,16H,8-11H2,1-3H3. The van der Waals surface area contributed by atoms with Crippen molar-refractivity contribution in [2.75, 3.05) is 39.1 Å². The molecule has 0 atom stereocenters. The Bertz CT molecular complexity index is 422. The van der Waals surface area contributed by atoms with Crippen LogP contribution in [0.2, 0.25) is 0 Å². The van der Waals surface area contributed by atoms with Crippen molar-refractivity contribution in [2.24, 2.45) is 0 Å². The van der Waals surface area contributed by atoms with E-state index in [2.05, 4.69) is 5.32 Å². The van der Waals surface area contributed by atoms with E-state index in [9.17, 15) is 4.79 Å². The second-order valence-corrected chi connectivity index (χ2v) is 5.34. The SMILES string of the molecule is CN(C)c1ccc(C(=O)N(C)C2CCNCC2)cc1. The molecule has 19 heavy (non-hydrogen) atoms. The number of amides is 1. The van der Waals surface area contributed by atoms with Crippen molar-refractivity contribution >= 4 is 11.6 Å². The average molecular weight is 261 g/mol. The molecular formula is C15H23N3O. The smallest absolute Gasteiger partial charge is 0.253 e. The van der Waals surface area contributed by atoms with E-state index < -0.39 is 0 Å². The van der Waals surface area contributed by atoms with Gasteiger partial charge in [-0.25, -0.2) is 0 Å². The molecule has 0 unspecified atom stereocenters. The first kappa shape index (κ1) is 13.9. The van der Waals surface area contributed by atoms with Crippen LogP contribution in [0, 0.1) is 0 Å². The second-order valence-electron chi connectivity index (χ2n) is 5.34. The Hall–Kier alpha value is -1.55. The number of hydrogen-bond acceptors (Lipinski definition) is 3. The van der Waals surface area contributed by atoms with Gasteiger partial charge in [-0.2, -0.15) is 0 Å². The Labute approximate surface area is 115 Å². The molecule has 1 amide bonds. The highest BCUT2D eigenvalue weighted by atomic mass is 16.2. The lowest BCUT2D eigenvalue weighted by Gasteiger charge is -2.31. The molecule has 1 heterocycles. The van der Waals surface area contributed by atoms with Gasteiger partial charge in [-0.15, -0.1) is 0 Å². The molecular weight excluding hydrogens is 238 g/mol. The fourth-order valence-electron chi connectivity index (χ4n) is 2.47. The van der Waals surface area contributed by atoms with Crippen LogP contribution in [0.15, 0.2) is 24.3 Å². The van der Waals surface area contributed by atoms with E-state index in [0.717, 1.165) is 37.2 Å². The first-order valence-electron chi connectivity index (χ1n) is 6.85. The van der Waals surface area contributed by atoms with E-state index in [0.29, 0.717) is 6.04 Å². The van der Waals surface area contributed by atoms with Crippen LogP contribution in [0.25, 0.3) is 0 Å². The first-order valence-corrected chi connectivity index (χ1v) is 6.85. The third-order valence-electron chi connectivity index (χ3n) is 3.81. The molecule has 1 fully saturated rings. The van der Waals surface area contributed by atoms with Crippen LogP contribution in [-0.4, -0.2) is 51.1 Å². The summed E-state index contributed by atoms with van der Waals surface area (Å²) in [7, 11) is 5.91. The first-order chi connectivity index (χ1) is 9.09. The zero-order valence-corrected chi connectivity index (χ0v) is 12.0. The van der Waals surface area contributed by atoms with Gasteiger partial charge in [-0.3, -0.25) is 4.79 Å². The Kier molecular flexibility index (Phi) is 4.43. The van der Waals surface area contributed by atoms with Gasteiger partial charge in [0.15, 0.2) is 0 Å². The molecule has 1 aliphatic rings. The number of hydrogen-bond donors (Lipinski definition) is 1. The number of piperidine rings is 1. The lowest BCUT2D eigenvalue weighted by molar-refractivity contribution is 0.0703. The van der Waals surface area contributed by atoms with Crippen LogP contribution in [0.4, 0.5) is 5.69 Å². The van der Waals surface area contributed by atoms with Crippen molar-refractivity contribution in [3.8, 4) is 0 Å². The van der Waals surface area contributed by atoms with Crippen LogP contribution < -0.4 is 10.2 Å². The molecule has 0 bridgehead atoms. The molecule has 1 aliphatic heterocycles. The molecule has 104 valence electrons. The minimum absolute atomic E-state index is 0.122. The van der Waals surface area contributed by atoms with E-state index in [4.69, 9.17) is 0 Å². The van der Waals surface area contributed by atoms with Crippen molar-refractivity contribution < 1.29 is 4.79 Å². The topological polar surface area (TPSA) is 35.6 Å². The lowest BCUT2D eigenvalue weighted by Crippen LogP contribution is -2.43. The summed E-state index contributed by atoms with van der Waals surface area (Å²) in [5.41, 5.74) is 1.88. The summed E-state index contributed by atoms with van der Waals surface area (Å²) < 4.78 is 0. The quantitative estimate of drug-likeness (QED) is 0.897. The third kappa shape index (κ3) is 3.26. The Morgan fingerprint density at radius 1 is 1.11 bits per heavy atom. The van der Waals surface area contributed by atoms with Crippen LogP contribution in [0.3, 0.4) is 0 Å². The predicted octanol–water partition coefficient (Wildman–Crippen LogP) is 1.58. The lowest BCUT2D eigenvalue weighted by atomic mass is 10.0. The highest BCUT2D eigenvalue weighted by molar-refractivity contribution is 5.94. The minimum atomic E-state index is 0.122. The number of carbonyl (C=O) groups is 1. The molecule has 0 aliphatic carbocycles. The maximum Gasteiger partial charge on any atom is 0.253 e. The van der Waals surface area contributed by atoms with Crippen LogP contribution in [0.5, 0.6) is 0 Å². The molecule has 0 spiro atoms. The van der Waals surface area contributed by atoms with Crippen molar-refractivity contribution in [2.45, 2.75) is 18.9 Å². The number of nitrogens with zero attached hydrogens (tertiary/aromatic N) is 2. The van der Waals surface area contributed by atoms with Crippen LogP contribution in [-0.2, 0) is 0 Å². The summed E-state index contributed by atoms with van der Waals surface area (Å²) in [4.78, 5) is 16.3. The number of carbonyl (C=O) groups excluding carboxylic acids is 1. The van der Waals surface area contributed by atoms with E-state index in [1.807, 2.05) is 55.2 Å². The number of benzene rings is 1. The summed E-state index contributed by atoms with van der Waals surface area (Å²) in [5, 5.41) is 3.32. The molecule has 1 aromatic carbocycles. The van der Waals surface area contributed by atoms with E-state index in [-0.39, 0.29) is 5.91 Å². The largest absolute Gasteiger partial charge is 0.378 e. The third-order valence-corrected chi connectivity index (χ3v) is 3.81. The van der Waals surface area contributed by atoms with E-state index in [1.54, 1.807) is 0 Å². The zero-order chi connectivity index (χ0) is 13.8. The molecule has 1 aromatic rings. The van der Waals surface area contributed by atoms with E-state index >= 15 is 0 Å². The van der Waals surface area contributed by atoms with Gasteiger partial charge in [0, 0.05) is 38.4 Å². The van der Waals surface area contributed by atoms with Crippen molar-refractivity contribution in [3.63, 3.8) is 0 Å². The van der Waals surface area contributed by atoms with Crippen LogP contribution in [0.1, 0.15) is 23.2 Å². The monoisotopic (exact) mass is 261 g/mol. The summed E-state index contributed by atoms with van der Waals surface area (Å²) >= 11 is 0. The van der Waals surface area contributed by atoms with Gasteiger partial charge in [0.2, 0.25) is 0 Å². The molecule has 0 aromatic heterocycles. The van der Waals surface area contributed by atoms with Gasteiger partial charge >= 0.3 is 0 Å². The number of anilines is 1. The predicted molar refractivity (Wildman–Crippen MR) is 78.8 cm³/mol. The van der Waals surface area contributed by atoms with Gasteiger partial charge in [0.1, 0.15) is 0 Å². The Morgan fingerprint density at radius 2 is 1.68 bits per heavy atom. The molecule has 0 radical (unpaired) electrons. The molecule has 1 saturated heterocycles. The van der Waals surface area contributed by atoms with Gasteiger partial charge < -0.3 is 15.1 Å². The van der Waals surface area contributed by atoms with Gasteiger partial charge in [-0.05, 0) is 50.2 Å². The Morgan fingerprint density at radius 3 is 2.21 bits per heavy atom. The maximum atomic E-state index is 12.4. The highest BCUT2D eigenvalue weighted by Crippen LogP contribution is 2.16. The second kappa shape index (κ2) is 6.06. The normalized spacial score (nSPS) is 16.2. The fraction of sp³-hybridized carbons (Fsp3) is 0.533. The van der Waals surface area contributed by atoms with Crippen molar-refractivity contribution in [1.29, 1.82) is 0 Å². The molecule has 2 rings (SSSR count). The summed E-state index contributed by atoms with van der Waals surface area (Å²) in [5.74, 6) is 0.122. The van der Waals surface area contributed by atoms with Gasteiger partial charge in [0.05, 0.1) is 0 Å². The summed E-state index contributed by atoms with van der Waals surface area (Å²) in [6, 6.07) is 8.17. The molecule has 4 nitrogen and oxygen atoms in total. The highest BCUT2D eigenvalue weighted by Gasteiger charge is 2.22.